The highest BCUT2D eigenvalue weighted by Crippen LogP contribution is 2.41. The average molecular weight is 485 g/mol. The molecule has 5 nitrogen and oxygen atoms in total. The van der Waals surface area contributed by atoms with E-state index in [1.807, 2.05) is 6.07 Å². The summed E-state index contributed by atoms with van der Waals surface area (Å²) in [5, 5.41) is 0. The van der Waals surface area contributed by atoms with Crippen LogP contribution in [-0.2, 0) is 28.4 Å². The molecule has 1 aliphatic carbocycles. The second-order valence-electron chi connectivity index (χ2n) is 7.86. The maximum absolute atomic E-state index is 13.0. The van der Waals surface area contributed by atoms with Gasteiger partial charge in [-0.05, 0) is 60.4 Å². The fraction of sp³-hybridized carbons (Fsp3) is 0.160. The molecule has 1 N–H and O–H groups in total. The van der Waals surface area contributed by atoms with Crippen LogP contribution in [0.5, 0.6) is 17.2 Å². The Kier molecular flexibility index (Phi) is 5.65. The number of hydrogen-bond acceptors (Lipinski definition) is 4. The topological polar surface area (TPSA) is 64.6 Å². The van der Waals surface area contributed by atoms with Crippen LogP contribution in [-0.4, -0.2) is 10.1 Å². The number of nitrogens with one attached hydrogen (secondary N) is 1. The summed E-state index contributed by atoms with van der Waals surface area (Å²) >= 11 is 0. The van der Waals surface area contributed by atoms with Crippen molar-refractivity contribution in [3.05, 3.63) is 95.1 Å². The van der Waals surface area contributed by atoms with Gasteiger partial charge in [0.1, 0.15) is 23.4 Å². The average Bonchev–Trinajstić information content (AvgIpc) is 3.37. The van der Waals surface area contributed by atoms with Crippen molar-refractivity contribution in [2.45, 2.75) is 25.1 Å². The van der Waals surface area contributed by atoms with Crippen molar-refractivity contribution in [2.24, 2.45) is 0 Å². The summed E-state index contributed by atoms with van der Waals surface area (Å²) in [6.07, 6.45) is -2.03. The van der Waals surface area contributed by atoms with E-state index in [1.165, 1.54) is 18.2 Å². The largest absolute Gasteiger partial charge is 0.486 e. The summed E-state index contributed by atoms with van der Waals surface area (Å²) in [5.41, 5.74) is 1.72. The minimum absolute atomic E-state index is 0.120. The van der Waals surface area contributed by atoms with Gasteiger partial charge in [0.05, 0.1) is 10.5 Å². The Morgan fingerprint density at radius 1 is 0.971 bits per heavy atom. The maximum atomic E-state index is 13.0. The molecule has 0 aromatic heterocycles. The molecule has 9 heteroatoms. The number of alkyl halides is 3. The smallest absolute Gasteiger partial charge is 0.416 e. The molecule has 3 aromatic carbocycles. The first-order chi connectivity index (χ1) is 16.3. The normalized spacial score (nSPS) is 19.4. The van der Waals surface area contributed by atoms with Gasteiger partial charge in [-0.25, -0.2) is 4.21 Å². The summed E-state index contributed by atoms with van der Waals surface area (Å²) in [6, 6.07) is 17.2. The van der Waals surface area contributed by atoms with Gasteiger partial charge in [0, 0.05) is 11.6 Å². The molecule has 174 valence electrons. The lowest BCUT2D eigenvalue weighted by Gasteiger charge is -2.16. The Morgan fingerprint density at radius 2 is 1.74 bits per heavy atom. The summed E-state index contributed by atoms with van der Waals surface area (Å²) in [7, 11) is -1.56. The molecule has 0 radical (unpaired) electrons. The molecule has 2 aliphatic rings. The van der Waals surface area contributed by atoms with E-state index in [1.54, 1.807) is 36.4 Å². The van der Waals surface area contributed by atoms with E-state index in [2.05, 4.69) is 4.72 Å². The fourth-order valence-electron chi connectivity index (χ4n) is 4.06. The molecular weight excluding hydrogens is 467 g/mol. The van der Waals surface area contributed by atoms with Gasteiger partial charge in [0.15, 0.2) is 11.0 Å². The number of rotatable bonds is 5. The quantitative estimate of drug-likeness (QED) is 0.504. The van der Waals surface area contributed by atoms with Gasteiger partial charge in [0.2, 0.25) is 0 Å². The predicted octanol–water partition coefficient (Wildman–Crippen LogP) is 5.70. The standard InChI is InChI=1S/C25H18F3NO4S/c26-25(27,28)16-3-1-4-18(13-16)33-21-6-2-5-19-20(21)11-12-22(19)32-17-9-7-15(8-10-17)23-14-24(30)29-34(23)31/h1-10,13-14,22H,11-12H2,(H,29,30)/t22-,34?/m1/s1. The van der Waals surface area contributed by atoms with Gasteiger partial charge in [-0.2, -0.15) is 13.2 Å². The monoisotopic (exact) mass is 485 g/mol. The van der Waals surface area contributed by atoms with Crippen LogP contribution < -0.4 is 14.2 Å². The number of halogens is 3. The zero-order chi connectivity index (χ0) is 23.9. The van der Waals surface area contributed by atoms with Crippen molar-refractivity contribution >= 4 is 21.8 Å². The molecule has 0 saturated heterocycles. The predicted molar refractivity (Wildman–Crippen MR) is 120 cm³/mol. The van der Waals surface area contributed by atoms with E-state index in [-0.39, 0.29) is 17.8 Å². The van der Waals surface area contributed by atoms with Crippen LogP contribution in [0.25, 0.3) is 4.91 Å². The van der Waals surface area contributed by atoms with Gasteiger partial charge in [-0.15, -0.1) is 0 Å². The second kappa shape index (κ2) is 8.64. The van der Waals surface area contributed by atoms with Crippen molar-refractivity contribution in [1.29, 1.82) is 0 Å². The van der Waals surface area contributed by atoms with Crippen LogP contribution in [0.4, 0.5) is 13.2 Å². The van der Waals surface area contributed by atoms with Crippen LogP contribution in [0.15, 0.2) is 72.8 Å². The van der Waals surface area contributed by atoms with Crippen LogP contribution >= 0.6 is 0 Å². The van der Waals surface area contributed by atoms with Crippen molar-refractivity contribution in [3.63, 3.8) is 0 Å². The van der Waals surface area contributed by atoms with Crippen molar-refractivity contribution < 1.29 is 31.6 Å². The summed E-state index contributed by atoms with van der Waals surface area (Å²) in [5.74, 6) is 0.842. The molecule has 0 saturated carbocycles. The van der Waals surface area contributed by atoms with Gasteiger partial charge >= 0.3 is 6.18 Å². The molecular formula is C25H18F3NO4S. The van der Waals surface area contributed by atoms with E-state index in [9.17, 15) is 22.2 Å². The van der Waals surface area contributed by atoms with Crippen molar-refractivity contribution in [1.82, 2.24) is 4.72 Å². The minimum atomic E-state index is -4.44. The van der Waals surface area contributed by atoms with Gasteiger partial charge in [-0.1, -0.05) is 30.3 Å². The van der Waals surface area contributed by atoms with Gasteiger partial charge in [0.25, 0.3) is 5.91 Å². The number of benzene rings is 3. The Morgan fingerprint density at radius 3 is 2.44 bits per heavy atom. The minimum Gasteiger partial charge on any atom is -0.486 e. The van der Waals surface area contributed by atoms with Gasteiger partial charge in [-0.3, -0.25) is 9.52 Å². The van der Waals surface area contributed by atoms with E-state index >= 15 is 0 Å². The Labute approximate surface area is 195 Å². The molecule has 0 fully saturated rings. The molecule has 1 heterocycles. The van der Waals surface area contributed by atoms with Crippen LogP contribution in [0, 0.1) is 0 Å². The number of ether oxygens (including phenoxy) is 2. The van der Waals surface area contributed by atoms with Gasteiger partial charge < -0.3 is 9.47 Å². The Bertz CT molecular complexity index is 1320. The highest BCUT2D eigenvalue weighted by atomic mass is 32.2. The number of fused-ring (bicyclic) bond motifs is 1. The summed E-state index contributed by atoms with van der Waals surface area (Å²) in [6.45, 7) is 0. The first kappa shape index (κ1) is 22.2. The Balaban J connectivity index is 1.33. The van der Waals surface area contributed by atoms with Crippen LogP contribution in [0.3, 0.4) is 0 Å². The third kappa shape index (κ3) is 4.43. The highest BCUT2D eigenvalue weighted by molar-refractivity contribution is 7.93. The third-order valence-corrected chi connectivity index (χ3v) is 6.77. The van der Waals surface area contributed by atoms with Crippen LogP contribution in [0.2, 0.25) is 0 Å². The SMILES string of the molecule is O=C1C=C(c2ccc(O[C@@H]3CCc4c(Oc5cccc(C(F)(F)F)c5)cccc43)cc2)S(=O)N1. The lowest BCUT2D eigenvalue weighted by atomic mass is 10.1. The zero-order valence-electron chi connectivity index (χ0n) is 17.6. The first-order valence-corrected chi connectivity index (χ1v) is 11.6. The lowest BCUT2D eigenvalue weighted by molar-refractivity contribution is -0.137. The number of hydrogen-bond donors (Lipinski definition) is 1. The van der Waals surface area contributed by atoms with Crippen molar-refractivity contribution in [2.75, 3.05) is 0 Å². The fourth-order valence-corrected chi connectivity index (χ4v) is 4.98. The molecule has 3 aromatic rings. The molecule has 1 amide bonds. The number of carbonyl (C=O) groups excluding carboxylic acids is 1. The summed E-state index contributed by atoms with van der Waals surface area (Å²) < 4.78 is 65.3. The lowest BCUT2D eigenvalue weighted by Crippen LogP contribution is -2.16. The maximum Gasteiger partial charge on any atom is 0.416 e. The summed E-state index contributed by atoms with van der Waals surface area (Å²) in [4.78, 5) is 11.8. The molecule has 5 rings (SSSR count). The van der Waals surface area contributed by atoms with E-state index < -0.39 is 22.7 Å². The van der Waals surface area contributed by atoms with Crippen molar-refractivity contribution in [3.8, 4) is 17.2 Å². The first-order valence-electron chi connectivity index (χ1n) is 10.5. The van der Waals surface area contributed by atoms with E-state index in [0.29, 0.717) is 34.8 Å². The molecule has 1 unspecified atom stereocenters. The molecule has 1 aliphatic heterocycles. The molecule has 0 spiro atoms. The molecule has 0 bridgehead atoms. The number of carbonyl (C=O) groups is 1. The second-order valence-corrected chi connectivity index (χ2v) is 9.05. The highest BCUT2D eigenvalue weighted by Gasteiger charge is 2.31. The molecule has 2 atom stereocenters. The Hall–Kier alpha value is -3.59. The zero-order valence-corrected chi connectivity index (χ0v) is 18.4. The number of amides is 1. The third-order valence-electron chi connectivity index (χ3n) is 5.63. The van der Waals surface area contributed by atoms with E-state index in [0.717, 1.165) is 23.3 Å². The van der Waals surface area contributed by atoms with Crippen LogP contribution in [0.1, 0.15) is 34.8 Å². The molecule has 34 heavy (non-hydrogen) atoms. The van der Waals surface area contributed by atoms with E-state index in [4.69, 9.17) is 9.47 Å².